The summed E-state index contributed by atoms with van der Waals surface area (Å²) < 4.78 is 0. The van der Waals surface area contributed by atoms with Gasteiger partial charge in [0.1, 0.15) is 0 Å². The first kappa shape index (κ1) is 18.7. The Balaban J connectivity index is 0.00000196. The number of para-hydroxylation sites is 1. The van der Waals surface area contributed by atoms with Gasteiger partial charge in [-0.05, 0) is 25.0 Å². The van der Waals surface area contributed by atoms with Gasteiger partial charge in [-0.3, -0.25) is 9.89 Å². The molecule has 1 aromatic heterocycles. The minimum atomic E-state index is 0. The number of nitrogens with one attached hydrogen (secondary N) is 2. The van der Waals surface area contributed by atoms with Crippen molar-refractivity contribution in [2.75, 3.05) is 31.6 Å². The second kappa shape index (κ2) is 8.10. The third-order valence-electron chi connectivity index (χ3n) is 5.47. The van der Waals surface area contributed by atoms with Crippen LogP contribution in [0.15, 0.2) is 30.3 Å². The molecule has 3 heterocycles. The molecule has 0 unspecified atom stereocenters. The zero-order chi connectivity index (χ0) is 17.2. The largest absolute Gasteiger partial charge is 0.371 e. The van der Waals surface area contributed by atoms with E-state index in [2.05, 4.69) is 51.7 Å². The number of anilines is 1. The third kappa shape index (κ3) is 3.57. The number of carbonyl (C=O) groups excluding carboxylic acids is 1. The van der Waals surface area contributed by atoms with Gasteiger partial charge in [0, 0.05) is 62.6 Å². The number of carbonyl (C=O) groups is 1. The molecule has 1 fully saturated rings. The summed E-state index contributed by atoms with van der Waals surface area (Å²) in [5.74, 6) is 0.0713. The maximum atomic E-state index is 12.9. The van der Waals surface area contributed by atoms with Crippen molar-refractivity contribution in [3.05, 3.63) is 47.3 Å². The van der Waals surface area contributed by atoms with E-state index in [1.54, 1.807) is 0 Å². The number of H-pyrrole nitrogens is 1. The molecule has 0 bridgehead atoms. The Bertz CT molecular complexity index is 740. The van der Waals surface area contributed by atoms with E-state index in [1.807, 2.05) is 11.0 Å². The van der Waals surface area contributed by atoms with E-state index in [0.717, 1.165) is 56.7 Å². The van der Waals surface area contributed by atoms with Crippen LogP contribution in [0.2, 0.25) is 0 Å². The lowest BCUT2D eigenvalue weighted by molar-refractivity contribution is 0.0706. The lowest BCUT2D eigenvalue weighted by Crippen LogP contribution is -2.46. The van der Waals surface area contributed by atoms with Crippen LogP contribution in [0.25, 0.3) is 0 Å². The van der Waals surface area contributed by atoms with Crippen molar-refractivity contribution >= 4 is 24.0 Å². The lowest BCUT2D eigenvalue weighted by Gasteiger charge is -2.37. The van der Waals surface area contributed by atoms with Crippen LogP contribution in [0, 0.1) is 0 Å². The summed E-state index contributed by atoms with van der Waals surface area (Å²) in [6, 6.07) is 10.9. The molecular weight excluding hydrogens is 350 g/mol. The Labute approximate surface area is 160 Å². The number of rotatable bonds is 3. The van der Waals surface area contributed by atoms with Gasteiger partial charge in [-0.2, -0.15) is 5.10 Å². The van der Waals surface area contributed by atoms with Gasteiger partial charge in [0.15, 0.2) is 5.69 Å². The fourth-order valence-electron chi connectivity index (χ4n) is 3.88. The average Bonchev–Trinajstić information content (AvgIpc) is 3.12. The van der Waals surface area contributed by atoms with Gasteiger partial charge < -0.3 is 15.1 Å². The van der Waals surface area contributed by atoms with E-state index < -0.39 is 0 Å². The Morgan fingerprint density at radius 2 is 1.96 bits per heavy atom. The average molecular weight is 376 g/mol. The molecule has 1 aromatic carbocycles. The first-order chi connectivity index (χ1) is 12.2. The third-order valence-corrected chi connectivity index (χ3v) is 5.47. The Hall–Kier alpha value is -2.05. The number of piperidine rings is 1. The number of fused-ring (bicyclic) bond motifs is 1. The van der Waals surface area contributed by atoms with Crippen LogP contribution in [0.1, 0.15) is 34.6 Å². The van der Waals surface area contributed by atoms with Crippen LogP contribution >= 0.6 is 12.4 Å². The summed E-state index contributed by atoms with van der Waals surface area (Å²) >= 11 is 0. The van der Waals surface area contributed by atoms with Crippen molar-refractivity contribution in [3.63, 3.8) is 0 Å². The van der Waals surface area contributed by atoms with Gasteiger partial charge in [0.2, 0.25) is 0 Å². The number of aromatic amines is 1. The molecule has 1 saturated heterocycles. The highest BCUT2D eigenvalue weighted by molar-refractivity contribution is 5.94. The van der Waals surface area contributed by atoms with Crippen molar-refractivity contribution in [2.45, 2.75) is 31.8 Å². The topological polar surface area (TPSA) is 64.3 Å². The van der Waals surface area contributed by atoms with Gasteiger partial charge in [-0.25, -0.2) is 0 Å². The highest BCUT2D eigenvalue weighted by Gasteiger charge is 2.29. The highest BCUT2D eigenvalue weighted by Crippen LogP contribution is 2.24. The number of amides is 1. The quantitative estimate of drug-likeness (QED) is 0.863. The molecular formula is C19H26ClN5O. The number of halogens is 1. The molecule has 7 heteroatoms. The van der Waals surface area contributed by atoms with Crippen LogP contribution in [0.5, 0.6) is 0 Å². The molecule has 26 heavy (non-hydrogen) atoms. The molecule has 1 amide bonds. The molecule has 2 N–H and O–H groups in total. The van der Waals surface area contributed by atoms with Crippen molar-refractivity contribution < 1.29 is 4.79 Å². The van der Waals surface area contributed by atoms with Gasteiger partial charge in [-0.1, -0.05) is 18.2 Å². The van der Waals surface area contributed by atoms with E-state index in [4.69, 9.17) is 0 Å². The van der Waals surface area contributed by atoms with Crippen molar-refractivity contribution in [3.8, 4) is 0 Å². The Morgan fingerprint density at radius 3 is 2.69 bits per heavy atom. The minimum Gasteiger partial charge on any atom is -0.371 e. The minimum absolute atomic E-state index is 0. The van der Waals surface area contributed by atoms with Crippen LogP contribution in [-0.2, 0) is 13.0 Å². The van der Waals surface area contributed by atoms with Gasteiger partial charge in [-0.15, -0.1) is 12.4 Å². The molecule has 0 radical (unpaired) electrons. The van der Waals surface area contributed by atoms with Gasteiger partial charge in [0.25, 0.3) is 5.91 Å². The summed E-state index contributed by atoms with van der Waals surface area (Å²) in [4.78, 5) is 17.2. The van der Waals surface area contributed by atoms with Crippen molar-refractivity contribution in [2.24, 2.45) is 0 Å². The number of nitrogens with zero attached hydrogens (tertiary/aromatic N) is 3. The molecule has 0 atom stereocenters. The second-order valence-electron chi connectivity index (χ2n) is 6.93. The molecule has 140 valence electrons. The van der Waals surface area contributed by atoms with E-state index in [0.29, 0.717) is 11.7 Å². The van der Waals surface area contributed by atoms with Crippen LogP contribution in [0.4, 0.5) is 5.69 Å². The molecule has 0 saturated carbocycles. The fraction of sp³-hybridized carbons (Fsp3) is 0.474. The first-order valence-electron chi connectivity index (χ1n) is 9.08. The Kier molecular flexibility index (Phi) is 5.84. The maximum absolute atomic E-state index is 12.9. The molecule has 4 rings (SSSR count). The standard InChI is InChI=1S/C19H25N5O.ClH/c1-23(14-5-3-2-4-6-14)15-8-11-24(12-9-15)19(25)18-16-13-20-10-7-17(16)21-22-18;/h2-6,15,20H,7-13H2,1H3,(H,21,22);1H. The van der Waals surface area contributed by atoms with Crippen LogP contribution in [-0.4, -0.2) is 53.7 Å². The number of aromatic nitrogens is 2. The molecule has 2 aromatic rings. The smallest absolute Gasteiger partial charge is 0.274 e. The summed E-state index contributed by atoms with van der Waals surface area (Å²) in [6.45, 7) is 3.26. The summed E-state index contributed by atoms with van der Waals surface area (Å²) in [6.07, 6.45) is 2.89. The number of likely N-dealkylation sites (tertiary alicyclic amines) is 1. The maximum Gasteiger partial charge on any atom is 0.274 e. The monoisotopic (exact) mass is 375 g/mol. The zero-order valence-electron chi connectivity index (χ0n) is 15.1. The zero-order valence-corrected chi connectivity index (χ0v) is 15.9. The molecule has 6 nitrogen and oxygen atoms in total. The lowest BCUT2D eigenvalue weighted by atomic mass is 10.0. The van der Waals surface area contributed by atoms with Crippen LogP contribution < -0.4 is 10.2 Å². The molecule has 2 aliphatic heterocycles. The van der Waals surface area contributed by atoms with Crippen molar-refractivity contribution in [1.82, 2.24) is 20.4 Å². The van der Waals surface area contributed by atoms with E-state index >= 15 is 0 Å². The van der Waals surface area contributed by atoms with E-state index in [-0.39, 0.29) is 18.3 Å². The molecule has 0 aliphatic carbocycles. The Morgan fingerprint density at radius 1 is 1.23 bits per heavy atom. The SMILES string of the molecule is CN(c1ccccc1)C1CCN(C(=O)c2n[nH]c3c2CNCC3)CC1.Cl. The van der Waals surface area contributed by atoms with Crippen LogP contribution in [0.3, 0.4) is 0 Å². The summed E-state index contributed by atoms with van der Waals surface area (Å²) in [7, 11) is 2.15. The van der Waals surface area contributed by atoms with E-state index in [9.17, 15) is 4.79 Å². The van der Waals surface area contributed by atoms with Gasteiger partial charge >= 0.3 is 0 Å². The highest BCUT2D eigenvalue weighted by atomic mass is 35.5. The number of hydrogen-bond donors (Lipinski definition) is 2. The van der Waals surface area contributed by atoms with E-state index in [1.165, 1.54) is 5.69 Å². The predicted octanol–water partition coefficient (Wildman–Crippen LogP) is 2.22. The summed E-state index contributed by atoms with van der Waals surface area (Å²) in [5, 5.41) is 10.7. The number of benzene rings is 1. The number of hydrogen-bond acceptors (Lipinski definition) is 4. The van der Waals surface area contributed by atoms with Crippen molar-refractivity contribution in [1.29, 1.82) is 0 Å². The van der Waals surface area contributed by atoms with Gasteiger partial charge in [0.05, 0.1) is 0 Å². The normalized spacial score (nSPS) is 17.3. The second-order valence-corrected chi connectivity index (χ2v) is 6.93. The predicted molar refractivity (Wildman–Crippen MR) is 105 cm³/mol. The molecule has 2 aliphatic rings. The first-order valence-corrected chi connectivity index (χ1v) is 9.08. The fourth-order valence-corrected chi connectivity index (χ4v) is 3.88. The summed E-state index contributed by atoms with van der Waals surface area (Å²) in [5.41, 5.74) is 4.01. The molecule has 0 spiro atoms.